The molecule has 0 saturated carbocycles. The standard InChI is InChI=1S/C18H19F3N4O/c19-18(20,21)12-3-1-4-13(11-12)24-7-9-25(10-8-24)17-22-15-6-2-5-14(15)16(26)23-17/h1,3-4,11H,2,5-10H2,(H,22,23,26). The number of aryl methyl sites for hydroxylation is 1. The summed E-state index contributed by atoms with van der Waals surface area (Å²) in [7, 11) is 0. The van der Waals surface area contributed by atoms with E-state index in [1.807, 2.05) is 9.80 Å². The zero-order valence-corrected chi connectivity index (χ0v) is 14.1. The van der Waals surface area contributed by atoms with E-state index in [1.54, 1.807) is 6.07 Å². The predicted molar refractivity (Wildman–Crippen MR) is 92.8 cm³/mol. The topological polar surface area (TPSA) is 52.2 Å². The van der Waals surface area contributed by atoms with Gasteiger partial charge in [0.15, 0.2) is 0 Å². The fourth-order valence-electron chi connectivity index (χ4n) is 3.63. The number of hydrogen-bond acceptors (Lipinski definition) is 4. The molecule has 1 fully saturated rings. The maximum Gasteiger partial charge on any atom is 0.416 e. The molecule has 0 spiro atoms. The van der Waals surface area contributed by atoms with Crippen LogP contribution in [0.4, 0.5) is 24.8 Å². The molecule has 2 heterocycles. The van der Waals surface area contributed by atoms with Crippen LogP contribution in [0.1, 0.15) is 23.2 Å². The van der Waals surface area contributed by atoms with Crippen molar-refractivity contribution in [1.82, 2.24) is 9.97 Å². The van der Waals surface area contributed by atoms with Gasteiger partial charge in [-0.1, -0.05) is 6.07 Å². The van der Waals surface area contributed by atoms with E-state index in [0.29, 0.717) is 37.8 Å². The molecule has 2 aromatic rings. The maximum absolute atomic E-state index is 12.9. The molecule has 4 rings (SSSR count). The third kappa shape index (κ3) is 3.15. The molecule has 1 aliphatic carbocycles. The lowest BCUT2D eigenvalue weighted by atomic mass is 10.1. The van der Waals surface area contributed by atoms with Crippen molar-refractivity contribution in [2.24, 2.45) is 0 Å². The fourth-order valence-corrected chi connectivity index (χ4v) is 3.63. The number of anilines is 2. The highest BCUT2D eigenvalue weighted by molar-refractivity contribution is 5.51. The van der Waals surface area contributed by atoms with Gasteiger partial charge in [0.05, 0.1) is 11.3 Å². The Bertz CT molecular complexity index is 869. The van der Waals surface area contributed by atoms with Crippen molar-refractivity contribution in [3.8, 4) is 0 Å². The monoisotopic (exact) mass is 364 g/mol. The molecule has 1 aromatic carbocycles. The molecule has 1 N–H and O–H groups in total. The minimum absolute atomic E-state index is 0.0668. The summed E-state index contributed by atoms with van der Waals surface area (Å²) in [6, 6.07) is 5.40. The Morgan fingerprint density at radius 1 is 1.04 bits per heavy atom. The van der Waals surface area contributed by atoms with Crippen LogP contribution in [-0.4, -0.2) is 36.1 Å². The number of rotatable bonds is 2. The van der Waals surface area contributed by atoms with Gasteiger partial charge in [0, 0.05) is 37.4 Å². The maximum atomic E-state index is 12.9. The first-order valence-corrected chi connectivity index (χ1v) is 8.71. The normalized spacial score (nSPS) is 17.5. The highest BCUT2D eigenvalue weighted by atomic mass is 19.4. The van der Waals surface area contributed by atoms with Crippen LogP contribution in [0.15, 0.2) is 29.1 Å². The molecule has 1 aliphatic heterocycles. The smallest absolute Gasteiger partial charge is 0.368 e. The van der Waals surface area contributed by atoms with E-state index >= 15 is 0 Å². The second-order valence-electron chi connectivity index (χ2n) is 6.69. The number of aromatic amines is 1. The summed E-state index contributed by atoms with van der Waals surface area (Å²) in [4.78, 5) is 23.5. The van der Waals surface area contributed by atoms with Crippen molar-refractivity contribution in [2.75, 3.05) is 36.0 Å². The van der Waals surface area contributed by atoms with Gasteiger partial charge in [0.2, 0.25) is 5.95 Å². The first-order chi connectivity index (χ1) is 12.4. The number of halogens is 3. The highest BCUT2D eigenvalue weighted by Crippen LogP contribution is 2.32. The van der Waals surface area contributed by atoms with E-state index in [1.165, 1.54) is 12.1 Å². The molecule has 2 aliphatic rings. The molecule has 8 heteroatoms. The number of piperazine rings is 1. The summed E-state index contributed by atoms with van der Waals surface area (Å²) in [5.41, 5.74) is 1.53. The Kier molecular flexibility index (Phi) is 4.13. The third-order valence-electron chi connectivity index (χ3n) is 5.05. The summed E-state index contributed by atoms with van der Waals surface area (Å²) in [6.45, 7) is 2.33. The minimum atomic E-state index is -4.34. The molecule has 0 bridgehead atoms. The van der Waals surface area contributed by atoms with Crippen molar-refractivity contribution < 1.29 is 13.2 Å². The number of H-pyrrole nitrogens is 1. The Hall–Kier alpha value is -2.51. The van der Waals surface area contributed by atoms with Crippen LogP contribution in [0.3, 0.4) is 0 Å². The van der Waals surface area contributed by atoms with Gasteiger partial charge in [0.25, 0.3) is 5.56 Å². The molecule has 138 valence electrons. The fraction of sp³-hybridized carbons (Fsp3) is 0.444. The molecule has 0 radical (unpaired) electrons. The zero-order chi connectivity index (χ0) is 18.3. The lowest BCUT2D eigenvalue weighted by Crippen LogP contribution is -2.47. The molecule has 26 heavy (non-hydrogen) atoms. The molecule has 1 aromatic heterocycles. The van der Waals surface area contributed by atoms with Gasteiger partial charge in [-0.3, -0.25) is 9.78 Å². The molecule has 0 amide bonds. The minimum Gasteiger partial charge on any atom is -0.368 e. The third-order valence-corrected chi connectivity index (χ3v) is 5.05. The van der Waals surface area contributed by atoms with Crippen LogP contribution in [0.25, 0.3) is 0 Å². The second-order valence-corrected chi connectivity index (χ2v) is 6.69. The SMILES string of the molecule is O=c1[nH]c(N2CCN(c3cccc(C(F)(F)F)c3)CC2)nc2c1CCC2. The van der Waals surface area contributed by atoms with Gasteiger partial charge in [-0.15, -0.1) is 0 Å². The van der Waals surface area contributed by atoms with E-state index in [0.717, 1.165) is 36.6 Å². The van der Waals surface area contributed by atoms with Crippen LogP contribution < -0.4 is 15.4 Å². The number of nitrogens with one attached hydrogen (secondary N) is 1. The van der Waals surface area contributed by atoms with Gasteiger partial charge >= 0.3 is 6.18 Å². The van der Waals surface area contributed by atoms with E-state index in [-0.39, 0.29) is 5.56 Å². The number of nitrogens with zero attached hydrogens (tertiary/aromatic N) is 3. The number of fused-ring (bicyclic) bond motifs is 1. The molecular formula is C18H19F3N4O. The number of alkyl halides is 3. The first kappa shape index (κ1) is 16.9. The van der Waals surface area contributed by atoms with Gasteiger partial charge in [-0.25, -0.2) is 4.98 Å². The van der Waals surface area contributed by atoms with E-state index < -0.39 is 11.7 Å². The summed E-state index contributed by atoms with van der Waals surface area (Å²) in [5.74, 6) is 0.569. The summed E-state index contributed by atoms with van der Waals surface area (Å²) >= 11 is 0. The summed E-state index contributed by atoms with van der Waals surface area (Å²) in [6.07, 6.45) is -1.78. The average molecular weight is 364 g/mol. The van der Waals surface area contributed by atoms with Crippen molar-refractivity contribution in [3.05, 3.63) is 51.4 Å². The average Bonchev–Trinajstić information content (AvgIpc) is 3.10. The molecular weight excluding hydrogens is 345 g/mol. The lowest BCUT2D eigenvalue weighted by Gasteiger charge is -2.36. The van der Waals surface area contributed by atoms with Crippen LogP contribution >= 0.6 is 0 Å². The van der Waals surface area contributed by atoms with Crippen molar-refractivity contribution in [3.63, 3.8) is 0 Å². The van der Waals surface area contributed by atoms with E-state index in [9.17, 15) is 18.0 Å². The zero-order valence-electron chi connectivity index (χ0n) is 14.1. The van der Waals surface area contributed by atoms with Crippen LogP contribution in [0.5, 0.6) is 0 Å². The first-order valence-electron chi connectivity index (χ1n) is 8.71. The van der Waals surface area contributed by atoms with Crippen molar-refractivity contribution >= 4 is 11.6 Å². The van der Waals surface area contributed by atoms with E-state index in [2.05, 4.69) is 9.97 Å². The van der Waals surface area contributed by atoms with Gasteiger partial charge in [-0.05, 0) is 37.5 Å². The van der Waals surface area contributed by atoms with Crippen LogP contribution in [0, 0.1) is 0 Å². The highest BCUT2D eigenvalue weighted by Gasteiger charge is 2.31. The molecule has 5 nitrogen and oxygen atoms in total. The summed E-state index contributed by atoms with van der Waals surface area (Å²) in [5, 5.41) is 0. The Balaban J connectivity index is 1.48. The summed E-state index contributed by atoms with van der Waals surface area (Å²) < 4.78 is 38.7. The lowest BCUT2D eigenvalue weighted by molar-refractivity contribution is -0.137. The van der Waals surface area contributed by atoms with Crippen molar-refractivity contribution in [2.45, 2.75) is 25.4 Å². The Morgan fingerprint density at radius 3 is 2.50 bits per heavy atom. The predicted octanol–water partition coefficient (Wildman–Crippen LogP) is 2.60. The second kappa shape index (κ2) is 6.34. The van der Waals surface area contributed by atoms with Gasteiger partial charge < -0.3 is 9.80 Å². The van der Waals surface area contributed by atoms with Crippen LogP contribution in [0.2, 0.25) is 0 Å². The number of aromatic nitrogens is 2. The van der Waals surface area contributed by atoms with Gasteiger partial charge in [0.1, 0.15) is 0 Å². The van der Waals surface area contributed by atoms with Crippen molar-refractivity contribution in [1.29, 1.82) is 0 Å². The van der Waals surface area contributed by atoms with Gasteiger partial charge in [-0.2, -0.15) is 13.2 Å². The molecule has 0 unspecified atom stereocenters. The molecule has 0 atom stereocenters. The van der Waals surface area contributed by atoms with E-state index in [4.69, 9.17) is 0 Å². The number of hydrogen-bond donors (Lipinski definition) is 1. The number of benzene rings is 1. The largest absolute Gasteiger partial charge is 0.416 e. The quantitative estimate of drug-likeness (QED) is 0.890. The Labute approximate surface area is 148 Å². The molecule has 1 saturated heterocycles. The Morgan fingerprint density at radius 2 is 1.77 bits per heavy atom. The van der Waals surface area contributed by atoms with Crippen LogP contribution in [-0.2, 0) is 19.0 Å².